The van der Waals surface area contributed by atoms with Crippen LogP contribution in [0.2, 0.25) is 5.02 Å². The van der Waals surface area contributed by atoms with Crippen molar-refractivity contribution >= 4 is 40.1 Å². The van der Waals surface area contributed by atoms with Gasteiger partial charge in [0.2, 0.25) is 0 Å². The van der Waals surface area contributed by atoms with E-state index in [0.717, 1.165) is 16.5 Å². The molecule has 0 aliphatic carbocycles. The van der Waals surface area contributed by atoms with Gasteiger partial charge in [-0.1, -0.05) is 66.2 Å². The standard InChI is InChI=1S/C27H24ClN3O4/c28-22-17-21(18-29-19-22)26(32)31(23-9-2-1-3-10-23)14-16-35-27(33)30-13-15-34-25-12-6-8-20-7-4-5-11-24(20)25/h1-12,17-19H,13-16H2,(H,30,33). The molecule has 0 atom stereocenters. The van der Waals surface area contributed by atoms with E-state index in [1.54, 1.807) is 18.2 Å². The zero-order valence-electron chi connectivity index (χ0n) is 18.9. The Balaban J connectivity index is 1.27. The first-order chi connectivity index (χ1) is 17.1. The number of nitrogens with zero attached hydrogens (tertiary/aromatic N) is 2. The first-order valence-corrected chi connectivity index (χ1v) is 11.5. The second-order valence-corrected chi connectivity index (χ2v) is 8.01. The number of hydrogen-bond donors (Lipinski definition) is 1. The Kier molecular flexibility index (Phi) is 8.14. The molecule has 0 fully saturated rings. The van der Waals surface area contributed by atoms with Gasteiger partial charge in [0.05, 0.1) is 23.7 Å². The van der Waals surface area contributed by atoms with Gasteiger partial charge < -0.3 is 19.7 Å². The molecular weight excluding hydrogens is 466 g/mol. The van der Waals surface area contributed by atoms with Crippen LogP contribution in [0.1, 0.15) is 10.4 Å². The molecular formula is C27H24ClN3O4. The van der Waals surface area contributed by atoms with Gasteiger partial charge in [-0.2, -0.15) is 0 Å². The van der Waals surface area contributed by atoms with Crippen LogP contribution in [-0.4, -0.2) is 43.3 Å². The summed E-state index contributed by atoms with van der Waals surface area (Å²) >= 11 is 5.99. The summed E-state index contributed by atoms with van der Waals surface area (Å²) in [7, 11) is 0. The van der Waals surface area contributed by atoms with Crippen LogP contribution in [0.5, 0.6) is 5.75 Å². The van der Waals surface area contributed by atoms with Crippen LogP contribution >= 0.6 is 11.6 Å². The molecule has 0 saturated heterocycles. The fourth-order valence-electron chi connectivity index (χ4n) is 3.56. The number of para-hydroxylation sites is 1. The molecule has 178 valence electrons. The van der Waals surface area contributed by atoms with Crippen molar-refractivity contribution in [1.82, 2.24) is 10.3 Å². The molecule has 1 N–H and O–H groups in total. The van der Waals surface area contributed by atoms with Gasteiger partial charge in [0.1, 0.15) is 19.0 Å². The number of hydrogen-bond acceptors (Lipinski definition) is 5. The lowest BCUT2D eigenvalue weighted by Crippen LogP contribution is -2.36. The second kappa shape index (κ2) is 11.9. The van der Waals surface area contributed by atoms with Crippen molar-refractivity contribution in [2.24, 2.45) is 0 Å². The van der Waals surface area contributed by atoms with Crippen LogP contribution in [0.15, 0.2) is 91.3 Å². The molecule has 0 radical (unpaired) electrons. The molecule has 0 aliphatic rings. The minimum absolute atomic E-state index is 0.00461. The quantitative estimate of drug-likeness (QED) is 0.321. The number of amides is 2. The fourth-order valence-corrected chi connectivity index (χ4v) is 3.73. The van der Waals surface area contributed by atoms with Gasteiger partial charge in [-0.3, -0.25) is 9.78 Å². The van der Waals surface area contributed by atoms with E-state index in [2.05, 4.69) is 10.3 Å². The summed E-state index contributed by atoms with van der Waals surface area (Å²) in [4.78, 5) is 30.7. The molecule has 0 spiro atoms. The van der Waals surface area contributed by atoms with E-state index >= 15 is 0 Å². The highest BCUT2D eigenvalue weighted by Crippen LogP contribution is 2.25. The third-order valence-corrected chi connectivity index (χ3v) is 5.40. The summed E-state index contributed by atoms with van der Waals surface area (Å²) in [5.74, 6) is 0.462. The molecule has 4 aromatic rings. The molecule has 0 unspecified atom stereocenters. The number of carbonyl (C=O) groups is 2. The first-order valence-electron chi connectivity index (χ1n) is 11.1. The zero-order chi connectivity index (χ0) is 24.5. The highest BCUT2D eigenvalue weighted by Gasteiger charge is 2.19. The Labute approximate surface area is 208 Å². The van der Waals surface area contributed by atoms with Gasteiger partial charge in [-0.15, -0.1) is 0 Å². The van der Waals surface area contributed by atoms with Crippen LogP contribution in [0.25, 0.3) is 10.8 Å². The number of rotatable bonds is 9. The SMILES string of the molecule is O=C(NCCOc1cccc2ccccc12)OCCN(C(=O)c1cncc(Cl)c1)c1ccccc1. The number of anilines is 1. The van der Waals surface area contributed by atoms with Crippen LogP contribution in [-0.2, 0) is 4.74 Å². The summed E-state index contributed by atoms with van der Waals surface area (Å²) in [5, 5.41) is 5.13. The summed E-state index contributed by atoms with van der Waals surface area (Å²) in [6.45, 7) is 0.733. The van der Waals surface area contributed by atoms with Gasteiger partial charge in [0.15, 0.2) is 0 Å². The molecule has 8 heteroatoms. The lowest BCUT2D eigenvalue weighted by molar-refractivity contribution is 0.0972. The highest BCUT2D eigenvalue weighted by molar-refractivity contribution is 6.30. The monoisotopic (exact) mass is 489 g/mol. The molecule has 1 heterocycles. The fraction of sp³-hybridized carbons (Fsp3) is 0.148. The lowest BCUT2D eigenvalue weighted by Gasteiger charge is -2.23. The van der Waals surface area contributed by atoms with Gasteiger partial charge in [0.25, 0.3) is 5.91 Å². The van der Waals surface area contributed by atoms with Crippen LogP contribution in [0, 0.1) is 0 Å². The highest BCUT2D eigenvalue weighted by atomic mass is 35.5. The van der Waals surface area contributed by atoms with Crippen molar-refractivity contribution < 1.29 is 19.1 Å². The Morgan fingerprint density at radius 2 is 1.69 bits per heavy atom. The number of ether oxygens (including phenoxy) is 2. The van der Waals surface area contributed by atoms with Gasteiger partial charge >= 0.3 is 6.09 Å². The van der Waals surface area contributed by atoms with Gasteiger partial charge in [-0.25, -0.2) is 4.79 Å². The van der Waals surface area contributed by atoms with E-state index in [1.807, 2.05) is 60.7 Å². The Morgan fingerprint density at radius 3 is 2.51 bits per heavy atom. The summed E-state index contributed by atoms with van der Waals surface area (Å²) < 4.78 is 11.1. The van der Waals surface area contributed by atoms with Gasteiger partial charge in [-0.05, 0) is 29.7 Å². The number of nitrogens with one attached hydrogen (secondary N) is 1. The second-order valence-electron chi connectivity index (χ2n) is 7.57. The van der Waals surface area contributed by atoms with E-state index in [9.17, 15) is 9.59 Å². The number of pyridine rings is 1. The third kappa shape index (κ3) is 6.49. The van der Waals surface area contributed by atoms with E-state index in [-0.39, 0.29) is 25.6 Å². The summed E-state index contributed by atoms with van der Waals surface area (Å²) in [6, 6.07) is 24.5. The molecule has 0 bridgehead atoms. The van der Waals surface area contributed by atoms with E-state index in [1.165, 1.54) is 17.3 Å². The Hall–Kier alpha value is -4.10. The predicted octanol–water partition coefficient (Wildman–Crippen LogP) is 5.34. The normalized spacial score (nSPS) is 10.5. The van der Waals surface area contributed by atoms with Crippen molar-refractivity contribution in [3.8, 4) is 5.75 Å². The van der Waals surface area contributed by atoms with E-state index in [4.69, 9.17) is 21.1 Å². The molecule has 35 heavy (non-hydrogen) atoms. The van der Waals surface area contributed by atoms with Crippen molar-refractivity contribution in [1.29, 1.82) is 0 Å². The number of carbonyl (C=O) groups excluding carboxylic acids is 2. The van der Waals surface area contributed by atoms with Crippen molar-refractivity contribution in [2.45, 2.75) is 0 Å². The number of alkyl carbamates (subject to hydrolysis) is 1. The van der Waals surface area contributed by atoms with E-state index < -0.39 is 6.09 Å². The first kappa shape index (κ1) is 24.0. The largest absolute Gasteiger partial charge is 0.491 e. The maximum Gasteiger partial charge on any atom is 0.407 e. The number of benzene rings is 3. The van der Waals surface area contributed by atoms with Crippen molar-refractivity contribution in [2.75, 3.05) is 31.2 Å². The minimum atomic E-state index is -0.587. The topological polar surface area (TPSA) is 80.8 Å². The summed E-state index contributed by atoms with van der Waals surface area (Å²) in [6.07, 6.45) is 2.33. The molecule has 1 aromatic heterocycles. The maximum absolute atomic E-state index is 13.1. The average Bonchev–Trinajstić information content (AvgIpc) is 2.89. The smallest absolute Gasteiger partial charge is 0.407 e. The lowest BCUT2D eigenvalue weighted by atomic mass is 10.1. The number of fused-ring (bicyclic) bond motifs is 1. The zero-order valence-corrected chi connectivity index (χ0v) is 19.6. The third-order valence-electron chi connectivity index (χ3n) is 5.19. The number of halogens is 1. The van der Waals surface area contributed by atoms with Crippen molar-refractivity contribution in [3.05, 3.63) is 102 Å². The number of aromatic nitrogens is 1. The molecule has 0 aliphatic heterocycles. The molecule has 3 aromatic carbocycles. The maximum atomic E-state index is 13.1. The van der Waals surface area contributed by atoms with Gasteiger partial charge in [0, 0.05) is 23.5 Å². The average molecular weight is 490 g/mol. The van der Waals surface area contributed by atoms with Crippen LogP contribution < -0.4 is 15.0 Å². The Bertz CT molecular complexity index is 1290. The minimum Gasteiger partial charge on any atom is -0.491 e. The van der Waals surface area contributed by atoms with E-state index in [0.29, 0.717) is 22.9 Å². The molecule has 7 nitrogen and oxygen atoms in total. The molecule has 0 saturated carbocycles. The van der Waals surface area contributed by atoms with Crippen molar-refractivity contribution in [3.63, 3.8) is 0 Å². The predicted molar refractivity (Wildman–Crippen MR) is 136 cm³/mol. The Morgan fingerprint density at radius 1 is 0.914 bits per heavy atom. The molecule has 4 rings (SSSR count). The van der Waals surface area contributed by atoms with Crippen LogP contribution in [0.4, 0.5) is 10.5 Å². The molecule has 2 amide bonds. The summed E-state index contributed by atoms with van der Waals surface area (Å²) in [5.41, 5.74) is 1.02. The van der Waals surface area contributed by atoms with Crippen LogP contribution in [0.3, 0.4) is 0 Å².